The van der Waals surface area contributed by atoms with Crippen LogP contribution in [-0.4, -0.2) is 35.8 Å². The highest BCUT2D eigenvalue weighted by atomic mass is 16.7. The first-order valence-electron chi connectivity index (χ1n) is 10.3. The van der Waals surface area contributed by atoms with E-state index in [1.54, 1.807) is 11.7 Å². The first-order chi connectivity index (χ1) is 15.2. The largest absolute Gasteiger partial charge is 0.711 e. The minimum absolute atomic E-state index is 0.251. The van der Waals surface area contributed by atoms with Crippen LogP contribution in [-0.2, 0) is 9.45 Å². The van der Waals surface area contributed by atoms with Crippen molar-refractivity contribution in [3.63, 3.8) is 0 Å². The molecule has 0 aliphatic carbocycles. The van der Waals surface area contributed by atoms with Gasteiger partial charge in [0.25, 0.3) is 0 Å². The molecule has 31 heavy (non-hydrogen) atoms. The Hall–Kier alpha value is -3.87. The fourth-order valence-corrected chi connectivity index (χ4v) is 4.17. The number of methoxy groups -OCH3 is 1. The van der Waals surface area contributed by atoms with Gasteiger partial charge in [-0.1, -0.05) is 67.6 Å². The Labute approximate surface area is 180 Å². The van der Waals surface area contributed by atoms with E-state index in [0.29, 0.717) is 23.5 Å². The lowest BCUT2D eigenvalue weighted by Gasteiger charge is -2.41. The highest BCUT2D eigenvalue weighted by molar-refractivity contribution is 6.78. The number of hydrazone groups is 1. The van der Waals surface area contributed by atoms with Gasteiger partial charge >= 0.3 is 12.7 Å². The third-order valence-electron chi connectivity index (χ3n) is 5.66. The van der Waals surface area contributed by atoms with Gasteiger partial charge in [-0.15, -0.1) is 0 Å². The van der Waals surface area contributed by atoms with Crippen molar-refractivity contribution in [2.75, 3.05) is 7.11 Å². The molecule has 7 heteroatoms. The molecule has 5 rings (SSSR count). The molecule has 0 saturated heterocycles. The highest BCUT2D eigenvalue weighted by Crippen LogP contribution is 2.34. The number of ether oxygens (including phenoxy) is 1. The molecule has 1 atom stereocenters. The smallest absolute Gasteiger partial charge is 0.617 e. The van der Waals surface area contributed by atoms with Crippen LogP contribution in [0.15, 0.2) is 84.0 Å². The summed E-state index contributed by atoms with van der Waals surface area (Å²) >= 11 is 0. The van der Waals surface area contributed by atoms with Gasteiger partial charge in [0, 0.05) is 18.1 Å². The quantitative estimate of drug-likeness (QED) is 0.618. The van der Waals surface area contributed by atoms with Gasteiger partial charge in [0.05, 0.1) is 18.4 Å². The zero-order chi connectivity index (χ0) is 21.4. The third kappa shape index (κ3) is 3.01. The fraction of sp³-hybridized carbons (Fsp3) is 0.125. The van der Waals surface area contributed by atoms with Crippen molar-refractivity contribution < 1.29 is 23.4 Å². The van der Waals surface area contributed by atoms with Gasteiger partial charge in [0.1, 0.15) is 5.75 Å². The molecule has 3 aromatic carbocycles. The molecule has 154 valence electrons. The van der Waals surface area contributed by atoms with Crippen molar-refractivity contribution >= 4 is 29.5 Å². The number of nitrogens with zero attached hydrogens (tertiary/aromatic N) is 2. The summed E-state index contributed by atoms with van der Waals surface area (Å²) in [5.41, 5.74) is 3.48. The van der Waals surface area contributed by atoms with Crippen molar-refractivity contribution in [1.82, 2.24) is 0 Å². The molecular formula is C24H21BN2O4. The van der Waals surface area contributed by atoms with Crippen LogP contribution in [0.2, 0.25) is 0 Å². The predicted molar refractivity (Wildman–Crippen MR) is 119 cm³/mol. The topological polar surface area (TPSA) is 60.1 Å². The van der Waals surface area contributed by atoms with Gasteiger partial charge in [-0.2, -0.15) is 0 Å². The van der Waals surface area contributed by atoms with Crippen molar-refractivity contribution in [2.45, 2.75) is 13.3 Å². The van der Waals surface area contributed by atoms with Crippen LogP contribution in [0.5, 0.6) is 11.5 Å². The summed E-state index contributed by atoms with van der Waals surface area (Å²) < 4.78 is 19.8. The SMILES string of the molecule is CCC1=[N+]2N=C(c3ccccc3)C(=O)O[B-]2(c2ccccc2)Oc2cc(OC)ccc21. The maximum atomic E-state index is 13.2. The Morgan fingerprint density at radius 2 is 1.68 bits per heavy atom. The van der Waals surface area contributed by atoms with Crippen molar-refractivity contribution in [3.8, 4) is 11.5 Å². The molecule has 1 unspecified atom stereocenters. The molecule has 0 N–H and O–H groups in total. The van der Waals surface area contributed by atoms with E-state index < -0.39 is 12.7 Å². The minimum Gasteiger partial charge on any atom is -0.617 e. The average Bonchev–Trinajstić information content (AvgIpc) is 2.82. The van der Waals surface area contributed by atoms with Crippen LogP contribution in [0.25, 0.3) is 0 Å². The third-order valence-corrected chi connectivity index (χ3v) is 5.66. The van der Waals surface area contributed by atoms with Crippen LogP contribution in [0.3, 0.4) is 0 Å². The molecule has 0 amide bonds. The van der Waals surface area contributed by atoms with Crippen LogP contribution in [0.4, 0.5) is 0 Å². The Morgan fingerprint density at radius 1 is 0.968 bits per heavy atom. The van der Waals surface area contributed by atoms with E-state index in [9.17, 15) is 4.79 Å². The summed E-state index contributed by atoms with van der Waals surface area (Å²) in [6, 6.07) is 24.5. The van der Waals surface area contributed by atoms with Crippen molar-refractivity contribution in [2.24, 2.45) is 5.10 Å². The molecule has 3 aromatic rings. The average molecular weight is 412 g/mol. The second-order valence-electron chi connectivity index (χ2n) is 7.43. The van der Waals surface area contributed by atoms with E-state index in [0.717, 1.165) is 16.7 Å². The van der Waals surface area contributed by atoms with Gasteiger partial charge in [0.2, 0.25) is 5.71 Å². The zero-order valence-electron chi connectivity index (χ0n) is 17.3. The molecule has 0 aromatic heterocycles. The maximum Gasteiger partial charge on any atom is 0.711 e. The molecule has 0 bridgehead atoms. The van der Waals surface area contributed by atoms with E-state index >= 15 is 0 Å². The van der Waals surface area contributed by atoms with Gasteiger partial charge in [-0.05, 0) is 22.7 Å². The van der Waals surface area contributed by atoms with E-state index in [1.165, 1.54) is 0 Å². The summed E-state index contributed by atoms with van der Waals surface area (Å²) in [5.74, 6) is 0.743. The van der Waals surface area contributed by atoms with Crippen molar-refractivity contribution in [3.05, 3.63) is 90.0 Å². The van der Waals surface area contributed by atoms with Gasteiger partial charge in [0.15, 0.2) is 5.71 Å². The van der Waals surface area contributed by atoms with Crippen LogP contribution in [0, 0.1) is 0 Å². The maximum absolute atomic E-state index is 13.2. The number of fused-ring (bicyclic) bond motifs is 2. The Bertz CT molecular complexity index is 1220. The van der Waals surface area contributed by atoms with Gasteiger partial charge in [-0.3, -0.25) is 0 Å². The van der Waals surface area contributed by atoms with Gasteiger partial charge in [-0.25, -0.2) is 9.39 Å². The molecule has 0 saturated carbocycles. The van der Waals surface area contributed by atoms with E-state index in [-0.39, 0.29) is 5.71 Å². The van der Waals surface area contributed by atoms with E-state index in [4.69, 9.17) is 19.1 Å². The standard InChI is InChI=1S/C24H21BN2O4/c1-3-21-20-15-14-19(29-2)16-22(20)30-25(18-12-8-5-9-13-18)27(21)26-23(24(28)31-25)17-10-6-4-7-11-17/h4-16H,3H2,1-2H3. The lowest BCUT2D eigenvalue weighted by Crippen LogP contribution is -2.70. The lowest BCUT2D eigenvalue weighted by atomic mass is 9.61. The number of rotatable bonds is 4. The Morgan fingerprint density at radius 3 is 2.35 bits per heavy atom. The lowest BCUT2D eigenvalue weighted by molar-refractivity contribution is -0.438. The highest BCUT2D eigenvalue weighted by Gasteiger charge is 2.59. The molecule has 2 aliphatic rings. The van der Waals surface area contributed by atoms with Crippen LogP contribution >= 0.6 is 0 Å². The second kappa shape index (κ2) is 7.43. The van der Waals surface area contributed by atoms with E-state index in [1.807, 2.05) is 78.9 Å². The summed E-state index contributed by atoms with van der Waals surface area (Å²) in [6.07, 6.45) is 0.669. The molecule has 6 nitrogen and oxygen atoms in total. The molecular weight excluding hydrogens is 391 g/mol. The Balaban J connectivity index is 1.81. The minimum atomic E-state index is -2.41. The first kappa shape index (κ1) is 19.1. The van der Waals surface area contributed by atoms with Crippen LogP contribution < -0.4 is 14.9 Å². The Kier molecular flexibility index (Phi) is 4.58. The first-order valence-corrected chi connectivity index (χ1v) is 10.3. The number of hydrogen-bond donors (Lipinski definition) is 0. The normalized spacial score (nSPS) is 19.5. The number of hydrogen-bond acceptors (Lipinski definition) is 5. The number of carbonyl (C=O) groups excluding carboxylic acids is 1. The van der Waals surface area contributed by atoms with Crippen molar-refractivity contribution in [1.29, 1.82) is 0 Å². The molecule has 0 fully saturated rings. The number of carbonyl (C=O) groups is 1. The molecule has 2 aliphatic heterocycles. The summed E-state index contributed by atoms with van der Waals surface area (Å²) in [5, 5.41) is 4.81. The predicted octanol–water partition coefficient (Wildman–Crippen LogP) is 3.11. The summed E-state index contributed by atoms with van der Waals surface area (Å²) in [7, 11) is 1.61. The number of benzene rings is 3. The summed E-state index contributed by atoms with van der Waals surface area (Å²) in [4.78, 5) is 13.2. The van der Waals surface area contributed by atoms with Crippen LogP contribution in [0.1, 0.15) is 24.5 Å². The molecule has 0 spiro atoms. The molecule has 2 heterocycles. The second-order valence-corrected chi connectivity index (χ2v) is 7.43. The fourth-order valence-electron chi connectivity index (χ4n) is 4.17. The van der Waals surface area contributed by atoms with Gasteiger partial charge < -0.3 is 14.0 Å². The summed E-state index contributed by atoms with van der Waals surface area (Å²) in [6.45, 7) is -0.363. The van der Waals surface area contributed by atoms with E-state index in [2.05, 4.69) is 6.92 Å². The zero-order valence-corrected chi connectivity index (χ0v) is 17.3. The molecule has 0 radical (unpaired) electrons. The monoisotopic (exact) mass is 412 g/mol.